The van der Waals surface area contributed by atoms with E-state index < -0.39 is 0 Å². The molecule has 0 spiro atoms. The minimum Gasteiger partial charge on any atom is -0.378 e. The largest absolute Gasteiger partial charge is 0.378 e. The van der Waals surface area contributed by atoms with E-state index in [4.69, 9.17) is 10.6 Å². The van der Waals surface area contributed by atoms with Crippen LogP contribution in [0.2, 0.25) is 0 Å². The maximum Gasteiger partial charge on any atom is 0.233 e. The van der Waals surface area contributed by atoms with E-state index >= 15 is 0 Å². The van der Waals surface area contributed by atoms with Crippen molar-refractivity contribution >= 4 is 5.91 Å². The summed E-state index contributed by atoms with van der Waals surface area (Å²) in [6.45, 7) is 2.97. The second-order valence-electron chi connectivity index (χ2n) is 4.42. The molecule has 1 saturated carbocycles. The highest BCUT2D eigenvalue weighted by molar-refractivity contribution is 5.75. The lowest BCUT2D eigenvalue weighted by atomic mass is 9.89. The smallest absolute Gasteiger partial charge is 0.233 e. The summed E-state index contributed by atoms with van der Waals surface area (Å²) in [5.74, 6) is 5.71. The fourth-order valence-corrected chi connectivity index (χ4v) is 1.95. The normalized spacial score (nSPS) is 26.3. The number of rotatable bonds is 5. The molecule has 0 bridgehead atoms. The van der Waals surface area contributed by atoms with Crippen molar-refractivity contribution in [2.24, 2.45) is 11.8 Å². The third-order valence-corrected chi connectivity index (χ3v) is 3.03. The Balaban J connectivity index is 1.98. The van der Waals surface area contributed by atoms with Crippen LogP contribution in [0.15, 0.2) is 0 Å². The molecule has 0 aromatic heterocycles. The first-order valence-corrected chi connectivity index (χ1v) is 5.83. The Morgan fingerprint density at radius 3 is 2.67 bits per heavy atom. The number of hydrogen-bond donors (Lipinski definition) is 2. The molecule has 0 unspecified atom stereocenters. The fraction of sp³-hybridized carbons (Fsp3) is 0.909. The predicted molar refractivity (Wildman–Crippen MR) is 58.9 cm³/mol. The van der Waals surface area contributed by atoms with E-state index in [1.807, 2.05) is 0 Å². The van der Waals surface area contributed by atoms with Gasteiger partial charge in [-0.05, 0) is 38.0 Å². The summed E-state index contributed by atoms with van der Waals surface area (Å²) in [5, 5.41) is 0. The molecule has 0 aromatic carbocycles. The van der Waals surface area contributed by atoms with Gasteiger partial charge in [-0.2, -0.15) is 0 Å². The van der Waals surface area contributed by atoms with Crippen molar-refractivity contribution in [2.75, 3.05) is 6.61 Å². The van der Waals surface area contributed by atoms with Gasteiger partial charge in [0.05, 0.1) is 6.10 Å². The van der Waals surface area contributed by atoms with E-state index in [9.17, 15) is 4.79 Å². The van der Waals surface area contributed by atoms with Gasteiger partial charge in [0.1, 0.15) is 0 Å². The summed E-state index contributed by atoms with van der Waals surface area (Å²) in [5.41, 5.74) is 2.11. The maximum absolute atomic E-state index is 10.8. The highest BCUT2D eigenvalue weighted by Gasteiger charge is 2.18. The average Bonchev–Trinajstić information content (AvgIpc) is 2.26. The van der Waals surface area contributed by atoms with Gasteiger partial charge in [0, 0.05) is 13.0 Å². The zero-order valence-corrected chi connectivity index (χ0v) is 9.50. The van der Waals surface area contributed by atoms with Crippen LogP contribution in [0, 0.1) is 5.92 Å². The summed E-state index contributed by atoms with van der Waals surface area (Å²) in [6.07, 6.45) is 6.52. The Hall–Kier alpha value is -0.610. The van der Waals surface area contributed by atoms with Crippen LogP contribution in [0.25, 0.3) is 0 Å². The van der Waals surface area contributed by atoms with Crippen molar-refractivity contribution in [3.8, 4) is 0 Å². The highest BCUT2D eigenvalue weighted by Crippen LogP contribution is 2.25. The van der Waals surface area contributed by atoms with Gasteiger partial charge in [0.15, 0.2) is 0 Å². The minimum absolute atomic E-state index is 0.115. The average molecular weight is 214 g/mol. The van der Waals surface area contributed by atoms with Crippen LogP contribution in [-0.2, 0) is 9.53 Å². The topological polar surface area (TPSA) is 64.3 Å². The van der Waals surface area contributed by atoms with Crippen molar-refractivity contribution < 1.29 is 9.53 Å². The third-order valence-electron chi connectivity index (χ3n) is 3.03. The quantitative estimate of drug-likeness (QED) is 0.314. The van der Waals surface area contributed by atoms with Crippen molar-refractivity contribution in [2.45, 2.75) is 51.6 Å². The summed E-state index contributed by atoms with van der Waals surface area (Å²) in [4.78, 5) is 10.8. The van der Waals surface area contributed by atoms with Gasteiger partial charge in [-0.3, -0.25) is 10.2 Å². The monoisotopic (exact) mass is 214 g/mol. The summed E-state index contributed by atoms with van der Waals surface area (Å²) in [7, 11) is 0. The Kier molecular flexibility index (Phi) is 5.65. The Morgan fingerprint density at radius 1 is 1.40 bits per heavy atom. The van der Waals surface area contributed by atoms with Crippen molar-refractivity contribution in [3.05, 3.63) is 0 Å². The molecule has 1 aliphatic carbocycles. The zero-order valence-electron chi connectivity index (χ0n) is 9.50. The highest BCUT2D eigenvalue weighted by atomic mass is 16.5. The molecule has 4 heteroatoms. The third kappa shape index (κ3) is 5.14. The molecule has 1 amide bonds. The van der Waals surface area contributed by atoms with Crippen LogP contribution >= 0.6 is 0 Å². The van der Waals surface area contributed by atoms with Gasteiger partial charge in [-0.15, -0.1) is 0 Å². The van der Waals surface area contributed by atoms with E-state index in [-0.39, 0.29) is 5.91 Å². The standard InChI is InChI=1S/C11H22N2O2/c1-9-4-6-10(7-5-9)15-8-2-3-11(14)13-12/h9-10H,2-8,12H2,1H3,(H,13,14). The van der Waals surface area contributed by atoms with Crippen LogP contribution in [-0.4, -0.2) is 18.6 Å². The number of ether oxygens (including phenoxy) is 1. The first-order valence-electron chi connectivity index (χ1n) is 5.83. The second kappa shape index (κ2) is 6.80. The summed E-state index contributed by atoms with van der Waals surface area (Å²) < 4.78 is 5.71. The SMILES string of the molecule is CC1CCC(OCCCC(=O)NN)CC1. The van der Waals surface area contributed by atoms with Gasteiger partial charge in [0.25, 0.3) is 0 Å². The zero-order chi connectivity index (χ0) is 11.1. The van der Waals surface area contributed by atoms with Gasteiger partial charge in [-0.1, -0.05) is 6.92 Å². The van der Waals surface area contributed by atoms with Gasteiger partial charge in [-0.25, -0.2) is 5.84 Å². The van der Waals surface area contributed by atoms with Crippen LogP contribution in [0.5, 0.6) is 0 Å². The maximum atomic E-state index is 10.8. The second-order valence-corrected chi connectivity index (χ2v) is 4.42. The van der Waals surface area contributed by atoms with Gasteiger partial charge >= 0.3 is 0 Å². The van der Waals surface area contributed by atoms with E-state index in [0.29, 0.717) is 19.1 Å². The molecule has 1 aliphatic rings. The predicted octanol–water partition coefficient (Wildman–Crippen LogP) is 1.35. The van der Waals surface area contributed by atoms with Crippen molar-refractivity contribution in [1.82, 2.24) is 5.43 Å². The van der Waals surface area contributed by atoms with E-state index in [2.05, 4.69) is 12.3 Å². The molecule has 0 heterocycles. The fourth-order valence-electron chi connectivity index (χ4n) is 1.95. The minimum atomic E-state index is -0.115. The molecular weight excluding hydrogens is 192 g/mol. The van der Waals surface area contributed by atoms with Crippen LogP contribution < -0.4 is 11.3 Å². The summed E-state index contributed by atoms with van der Waals surface area (Å²) >= 11 is 0. The van der Waals surface area contributed by atoms with E-state index in [0.717, 1.165) is 12.3 Å². The number of carbonyl (C=O) groups is 1. The molecular formula is C11H22N2O2. The molecule has 1 rings (SSSR count). The molecule has 0 atom stereocenters. The summed E-state index contributed by atoms with van der Waals surface area (Å²) in [6, 6.07) is 0. The number of nitrogens with one attached hydrogen (secondary N) is 1. The van der Waals surface area contributed by atoms with Gasteiger partial charge < -0.3 is 4.74 Å². The first-order chi connectivity index (χ1) is 7.22. The number of amides is 1. The molecule has 1 fully saturated rings. The first kappa shape index (κ1) is 12.5. The van der Waals surface area contributed by atoms with Gasteiger partial charge in [0.2, 0.25) is 5.91 Å². The van der Waals surface area contributed by atoms with Crippen molar-refractivity contribution in [1.29, 1.82) is 0 Å². The molecule has 0 radical (unpaired) electrons. The molecule has 0 aromatic rings. The molecule has 15 heavy (non-hydrogen) atoms. The van der Waals surface area contributed by atoms with Crippen LogP contribution in [0.3, 0.4) is 0 Å². The lowest BCUT2D eigenvalue weighted by Gasteiger charge is -2.26. The number of nitrogens with two attached hydrogens (primary N) is 1. The molecule has 4 nitrogen and oxygen atoms in total. The Labute approximate surface area is 91.5 Å². The van der Waals surface area contributed by atoms with Crippen LogP contribution in [0.1, 0.15) is 45.4 Å². The Morgan fingerprint density at radius 2 is 2.07 bits per heavy atom. The molecule has 3 N–H and O–H groups in total. The lowest BCUT2D eigenvalue weighted by Crippen LogP contribution is -2.30. The lowest BCUT2D eigenvalue weighted by molar-refractivity contribution is -0.121. The molecule has 88 valence electrons. The van der Waals surface area contributed by atoms with Crippen LogP contribution in [0.4, 0.5) is 0 Å². The van der Waals surface area contributed by atoms with E-state index in [1.165, 1.54) is 25.7 Å². The molecule has 0 aliphatic heterocycles. The Bertz CT molecular complexity index is 189. The number of hydrogen-bond acceptors (Lipinski definition) is 3. The molecule has 0 saturated heterocycles. The number of hydrazine groups is 1. The number of carbonyl (C=O) groups excluding carboxylic acids is 1. The van der Waals surface area contributed by atoms with Crippen molar-refractivity contribution in [3.63, 3.8) is 0 Å². The van der Waals surface area contributed by atoms with E-state index in [1.54, 1.807) is 0 Å².